The summed E-state index contributed by atoms with van der Waals surface area (Å²) < 4.78 is 14.6. The minimum absolute atomic E-state index is 0.165. The molecule has 5 nitrogen and oxygen atoms in total. The largest absolute Gasteiger partial charge is 0.494 e. The van der Waals surface area contributed by atoms with Crippen LogP contribution in [0.4, 0.5) is 0 Å². The predicted octanol–water partition coefficient (Wildman–Crippen LogP) is 0.785. The quantitative estimate of drug-likeness (QED) is 0.650. The number of hydrogen-bond donors (Lipinski definition) is 0. The molecular weight excluding hydrogens is 200 g/mol. The Balaban J connectivity index is 2.37. The Hall–Kier alpha value is -1.52. The molecule has 15 heavy (non-hydrogen) atoms. The summed E-state index contributed by atoms with van der Waals surface area (Å²) in [6.45, 7) is 1.57. The van der Waals surface area contributed by atoms with Crippen LogP contribution in [0.2, 0.25) is 0 Å². The van der Waals surface area contributed by atoms with E-state index in [2.05, 4.69) is 4.74 Å². The van der Waals surface area contributed by atoms with Crippen LogP contribution in [-0.4, -0.2) is 31.8 Å². The van der Waals surface area contributed by atoms with Crippen molar-refractivity contribution in [2.45, 2.75) is 25.9 Å². The van der Waals surface area contributed by atoms with Gasteiger partial charge in [0.2, 0.25) is 0 Å². The van der Waals surface area contributed by atoms with Gasteiger partial charge in [-0.25, -0.2) is 4.79 Å². The van der Waals surface area contributed by atoms with Gasteiger partial charge in [-0.2, -0.15) is 0 Å². The molecule has 0 amide bonds. The van der Waals surface area contributed by atoms with E-state index in [0.29, 0.717) is 18.4 Å². The molecule has 0 saturated heterocycles. The molecule has 0 aromatic rings. The summed E-state index contributed by atoms with van der Waals surface area (Å²) in [6, 6.07) is 0. The van der Waals surface area contributed by atoms with E-state index in [-0.39, 0.29) is 24.6 Å². The summed E-state index contributed by atoms with van der Waals surface area (Å²) in [4.78, 5) is 21.6. The molecule has 84 valence electrons. The summed E-state index contributed by atoms with van der Waals surface area (Å²) in [5.74, 6) is -0.706. The fourth-order valence-corrected chi connectivity index (χ4v) is 1.24. The molecule has 1 heterocycles. The van der Waals surface area contributed by atoms with Crippen molar-refractivity contribution in [3.8, 4) is 0 Å². The second kappa shape index (κ2) is 5.38. The third kappa shape index (κ3) is 3.61. The first-order valence-corrected chi connectivity index (χ1v) is 4.69. The lowest BCUT2D eigenvalue weighted by Crippen LogP contribution is -2.24. The van der Waals surface area contributed by atoms with Gasteiger partial charge in [-0.3, -0.25) is 4.79 Å². The molecular formula is C10H14O5. The molecule has 0 aliphatic carbocycles. The number of esters is 2. The van der Waals surface area contributed by atoms with E-state index in [9.17, 15) is 9.59 Å². The molecule has 1 unspecified atom stereocenters. The standard InChI is InChI=1S/C10H14O5/c1-7(11)14-6-9-4-3-8(5-15-9)10(12)13-2/h5,9H,3-4,6H2,1-2H3. The highest BCUT2D eigenvalue weighted by Gasteiger charge is 2.20. The zero-order valence-electron chi connectivity index (χ0n) is 8.82. The zero-order chi connectivity index (χ0) is 11.3. The van der Waals surface area contributed by atoms with Gasteiger partial charge in [0.25, 0.3) is 0 Å². The van der Waals surface area contributed by atoms with E-state index in [1.807, 2.05) is 0 Å². The third-order valence-electron chi connectivity index (χ3n) is 2.06. The van der Waals surface area contributed by atoms with Crippen molar-refractivity contribution >= 4 is 11.9 Å². The second-order valence-corrected chi connectivity index (χ2v) is 3.23. The molecule has 1 rings (SSSR count). The molecule has 0 saturated carbocycles. The van der Waals surface area contributed by atoms with E-state index < -0.39 is 0 Å². The number of ether oxygens (including phenoxy) is 3. The minimum Gasteiger partial charge on any atom is -0.494 e. The molecule has 5 heteroatoms. The van der Waals surface area contributed by atoms with Gasteiger partial charge in [-0.05, 0) is 12.8 Å². The number of carbonyl (C=O) groups excluding carboxylic acids is 2. The fraction of sp³-hybridized carbons (Fsp3) is 0.600. The molecule has 0 spiro atoms. The topological polar surface area (TPSA) is 61.8 Å². The van der Waals surface area contributed by atoms with Gasteiger partial charge < -0.3 is 14.2 Å². The monoisotopic (exact) mass is 214 g/mol. The molecule has 0 fully saturated rings. The fourth-order valence-electron chi connectivity index (χ4n) is 1.24. The van der Waals surface area contributed by atoms with Crippen LogP contribution in [0.25, 0.3) is 0 Å². The second-order valence-electron chi connectivity index (χ2n) is 3.23. The molecule has 1 atom stereocenters. The highest BCUT2D eigenvalue weighted by atomic mass is 16.6. The SMILES string of the molecule is COC(=O)C1=COC(COC(C)=O)CC1. The average Bonchev–Trinajstić information content (AvgIpc) is 2.26. The lowest BCUT2D eigenvalue weighted by molar-refractivity contribution is -0.145. The predicted molar refractivity (Wildman–Crippen MR) is 50.8 cm³/mol. The van der Waals surface area contributed by atoms with Gasteiger partial charge in [0.1, 0.15) is 12.7 Å². The normalized spacial score (nSPS) is 19.9. The Morgan fingerprint density at radius 3 is 2.80 bits per heavy atom. The smallest absolute Gasteiger partial charge is 0.336 e. The summed E-state index contributed by atoms with van der Waals surface area (Å²) in [6.07, 6.45) is 2.44. The van der Waals surface area contributed by atoms with Crippen LogP contribution in [0.3, 0.4) is 0 Å². The number of carbonyl (C=O) groups is 2. The van der Waals surface area contributed by atoms with Gasteiger partial charge in [-0.15, -0.1) is 0 Å². The van der Waals surface area contributed by atoms with E-state index >= 15 is 0 Å². The van der Waals surface area contributed by atoms with Crippen LogP contribution >= 0.6 is 0 Å². The molecule has 1 aliphatic heterocycles. The molecule has 0 bridgehead atoms. The molecule has 1 aliphatic rings. The molecule has 0 radical (unpaired) electrons. The summed E-state index contributed by atoms with van der Waals surface area (Å²) >= 11 is 0. The maximum Gasteiger partial charge on any atom is 0.336 e. The Morgan fingerprint density at radius 2 is 2.33 bits per heavy atom. The number of methoxy groups -OCH3 is 1. The summed E-state index contributed by atoms with van der Waals surface area (Å²) in [5, 5.41) is 0. The van der Waals surface area contributed by atoms with Crippen LogP contribution in [-0.2, 0) is 23.8 Å². The highest BCUT2D eigenvalue weighted by Crippen LogP contribution is 2.18. The van der Waals surface area contributed by atoms with E-state index in [1.165, 1.54) is 20.3 Å². The lowest BCUT2D eigenvalue weighted by Gasteiger charge is -2.21. The Bertz CT molecular complexity index is 282. The maximum absolute atomic E-state index is 11.1. The van der Waals surface area contributed by atoms with E-state index in [1.54, 1.807) is 0 Å². The molecule has 0 aromatic heterocycles. The van der Waals surface area contributed by atoms with E-state index in [0.717, 1.165) is 0 Å². The molecule has 0 N–H and O–H groups in total. The summed E-state index contributed by atoms with van der Waals surface area (Å²) in [5.41, 5.74) is 0.511. The van der Waals surface area contributed by atoms with Crippen molar-refractivity contribution in [2.75, 3.05) is 13.7 Å². The van der Waals surface area contributed by atoms with Crippen LogP contribution in [0.5, 0.6) is 0 Å². The van der Waals surface area contributed by atoms with E-state index in [4.69, 9.17) is 9.47 Å². The Morgan fingerprint density at radius 1 is 1.60 bits per heavy atom. The van der Waals surface area contributed by atoms with Crippen LogP contribution in [0.1, 0.15) is 19.8 Å². The van der Waals surface area contributed by atoms with Gasteiger partial charge >= 0.3 is 11.9 Å². The van der Waals surface area contributed by atoms with Gasteiger partial charge in [0, 0.05) is 6.92 Å². The van der Waals surface area contributed by atoms with Crippen LogP contribution in [0.15, 0.2) is 11.8 Å². The van der Waals surface area contributed by atoms with Crippen molar-refractivity contribution in [1.82, 2.24) is 0 Å². The average molecular weight is 214 g/mol. The third-order valence-corrected chi connectivity index (χ3v) is 2.06. The van der Waals surface area contributed by atoms with Gasteiger partial charge in [0.15, 0.2) is 0 Å². The Kier molecular flexibility index (Phi) is 4.15. The van der Waals surface area contributed by atoms with Crippen molar-refractivity contribution < 1.29 is 23.8 Å². The zero-order valence-corrected chi connectivity index (χ0v) is 8.82. The maximum atomic E-state index is 11.1. The van der Waals surface area contributed by atoms with Gasteiger partial charge in [0.05, 0.1) is 18.9 Å². The number of rotatable bonds is 3. The van der Waals surface area contributed by atoms with Crippen LogP contribution < -0.4 is 0 Å². The lowest BCUT2D eigenvalue weighted by atomic mass is 10.1. The first-order chi connectivity index (χ1) is 7.13. The van der Waals surface area contributed by atoms with Crippen molar-refractivity contribution in [3.05, 3.63) is 11.8 Å². The first-order valence-electron chi connectivity index (χ1n) is 4.69. The van der Waals surface area contributed by atoms with Crippen LogP contribution in [0, 0.1) is 0 Å². The molecule has 0 aromatic carbocycles. The Labute approximate surface area is 88.0 Å². The van der Waals surface area contributed by atoms with Crippen molar-refractivity contribution in [2.24, 2.45) is 0 Å². The minimum atomic E-state index is -0.374. The summed E-state index contributed by atoms with van der Waals surface area (Å²) in [7, 11) is 1.33. The first kappa shape index (κ1) is 11.6. The van der Waals surface area contributed by atoms with Gasteiger partial charge in [-0.1, -0.05) is 0 Å². The van der Waals surface area contributed by atoms with Crippen molar-refractivity contribution in [3.63, 3.8) is 0 Å². The highest BCUT2D eigenvalue weighted by molar-refractivity contribution is 5.88. The number of hydrogen-bond acceptors (Lipinski definition) is 5. The van der Waals surface area contributed by atoms with Crippen molar-refractivity contribution in [1.29, 1.82) is 0 Å².